The predicted octanol–water partition coefficient (Wildman–Crippen LogP) is 1.24. The van der Waals surface area contributed by atoms with Crippen molar-refractivity contribution in [2.24, 2.45) is 0 Å². The number of aryl methyl sites for hydroxylation is 1. The first-order valence-corrected chi connectivity index (χ1v) is 11.0. The molecule has 1 amide bonds. The third kappa shape index (κ3) is 4.44. The minimum atomic E-state index is -3.40. The fourth-order valence-electron chi connectivity index (χ4n) is 2.86. The summed E-state index contributed by atoms with van der Waals surface area (Å²) in [6.07, 6.45) is 0. The van der Waals surface area contributed by atoms with Gasteiger partial charge in [-0.3, -0.25) is 4.79 Å². The molecular weight excluding hydrogens is 394 g/mol. The first kappa shape index (κ1) is 19.3. The zero-order valence-electron chi connectivity index (χ0n) is 14.4. The zero-order valence-corrected chi connectivity index (χ0v) is 16.8. The van der Waals surface area contributed by atoms with Gasteiger partial charge in [0.25, 0.3) is 15.9 Å². The van der Waals surface area contributed by atoms with E-state index in [1.54, 1.807) is 23.6 Å². The van der Waals surface area contributed by atoms with E-state index in [-0.39, 0.29) is 5.91 Å². The third-order valence-electron chi connectivity index (χ3n) is 4.38. The van der Waals surface area contributed by atoms with Crippen LogP contribution in [0.1, 0.15) is 5.56 Å². The number of carbonyl (C=O) groups is 1. The Labute approximate surface area is 162 Å². The van der Waals surface area contributed by atoms with Gasteiger partial charge in [-0.1, -0.05) is 23.7 Å². The van der Waals surface area contributed by atoms with Crippen LogP contribution in [0.5, 0.6) is 0 Å². The van der Waals surface area contributed by atoms with E-state index in [2.05, 4.69) is 5.32 Å². The van der Waals surface area contributed by atoms with Gasteiger partial charge in [0.1, 0.15) is 4.21 Å². The lowest BCUT2D eigenvalue weighted by molar-refractivity contribution is -0.895. The molecule has 1 aliphatic rings. The molecule has 2 N–H and O–H groups in total. The van der Waals surface area contributed by atoms with E-state index in [0.717, 1.165) is 10.5 Å². The van der Waals surface area contributed by atoms with Gasteiger partial charge in [-0.05, 0) is 36.1 Å². The minimum Gasteiger partial charge on any atom is -0.325 e. The zero-order chi connectivity index (χ0) is 18.7. The highest BCUT2D eigenvalue weighted by atomic mass is 35.5. The smallest absolute Gasteiger partial charge is 0.279 e. The van der Waals surface area contributed by atoms with Gasteiger partial charge in [-0.15, -0.1) is 11.3 Å². The second kappa shape index (κ2) is 8.06. The van der Waals surface area contributed by atoms with E-state index in [4.69, 9.17) is 11.6 Å². The van der Waals surface area contributed by atoms with Crippen molar-refractivity contribution in [1.82, 2.24) is 4.31 Å². The predicted molar refractivity (Wildman–Crippen MR) is 103 cm³/mol. The average Bonchev–Trinajstić information content (AvgIpc) is 3.14. The highest BCUT2D eigenvalue weighted by Crippen LogP contribution is 2.21. The van der Waals surface area contributed by atoms with Crippen LogP contribution in [0.15, 0.2) is 39.9 Å². The number of thiophene rings is 1. The molecule has 0 unspecified atom stereocenters. The van der Waals surface area contributed by atoms with E-state index in [0.29, 0.717) is 47.6 Å². The summed E-state index contributed by atoms with van der Waals surface area (Å²) in [6.45, 7) is 4.25. The molecule has 0 atom stereocenters. The standard InChI is InChI=1S/C17H20ClN3O3S2/c1-13-4-5-14(11-15(13)18)19-16(22)12-20-6-8-21(9-7-20)26(23,24)17-3-2-10-25-17/h2-5,10-11H,6-9,12H2,1H3,(H,19,22)/p+1. The van der Waals surface area contributed by atoms with Crippen molar-refractivity contribution in [2.45, 2.75) is 11.1 Å². The molecule has 2 aromatic rings. The first-order valence-electron chi connectivity index (χ1n) is 8.29. The second-order valence-corrected chi connectivity index (χ2v) is 9.79. The number of amides is 1. The van der Waals surface area contributed by atoms with Crippen LogP contribution in [-0.4, -0.2) is 51.4 Å². The van der Waals surface area contributed by atoms with E-state index in [9.17, 15) is 13.2 Å². The number of benzene rings is 1. The number of nitrogens with zero attached hydrogens (tertiary/aromatic N) is 1. The topological polar surface area (TPSA) is 70.9 Å². The molecule has 140 valence electrons. The quantitative estimate of drug-likeness (QED) is 0.773. The van der Waals surface area contributed by atoms with Crippen LogP contribution in [-0.2, 0) is 14.8 Å². The van der Waals surface area contributed by atoms with Crippen molar-refractivity contribution in [1.29, 1.82) is 0 Å². The fraction of sp³-hybridized carbons (Fsp3) is 0.353. The minimum absolute atomic E-state index is 0.102. The summed E-state index contributed by atoms with van der Waals surface area (Å²) >= 11 is 7.30. The van der Waals surface area contributed by atoms with Crippen molar-refractivity contribution in [3.05, 3.63) is 46.3 Å². The number of rotatable bonds is 5. The van der Waals surface area contributed by atoms with Crippen molar-refractivity contribution in [3.63, 3.8) is 0 Å². The Morgan fingerprint density at radius 3 is 2.65 bits per heavy atom. The number of nitrogens with one attached hydrogen (secondary N) is 2. The molecule has 0 spiro atoms. The first-order chi connectivity index (χ1) is 12.4. The van der Waals surface area contributed by atoms with Crippen LogP contribution in [0, 0.1) is 6.92 Å². The van der Waals surface area contributed by atoms with E-state index in [1.165, 1.54) is 15.6 Å². The molecule has 3 rings (SSSR count). The van der Waals surface area contributed by atoms with Gasteiger partial charge in [0.15, 0.2) is 6.54 Å². The monoisotopic (exact) mass is 414 g/mol. The SMILES string of the molecule is Cc1ccc(NC(=O)C[NH+]2CCN(S(=O)(=O)c3cccs3)CC2)cc1Cl. The van der Waals surface area contributed by atoms with Crippen LogP contribution < -0.4 is 10.2 Å². The maximum Gasteiger partial charge on any atom is 0.279 e. The molecule has 0 aliphatic carbocycles. The average molecular weight is 415 g/mol. The maximum atomic E-state index is 12.5. The van der Waals surface area contributed by atoms with Crippen LogP contribution in [0.2, 0.25) is 5.02 Å². The normalized spacial score (nSPS) is 16.5. The van der Waals surface area contributed by atoms with Crippen LogP contribution in [0.4, 0.5) is 5.69 Å². The number of carbonyl (C=O) groups excluding carboxylic acids is 1. The Balaban J connectivity index is 1.52. The van der Waals surface area contributed by atoms with Gasteiger partial charge in [-0.25, -0.2) is 8.42 Å². The molecule has 1 aromatic heterocycles. The summed E-state index contributed by atoms with van der Waals surface area (Å²) in [5, 5.41) is 5.22. The number of piperazine rings is 1. The Morgan fingerprint density at radius 1 is 1.31 bits per heavy atom. The molecule has 26 heavy (non-hydrogen) atoms. The van der Waals surface area contributed by atoms with Crippen LogP contribution >= 0.6 is 22.9 Å². The largest absolute Gasteiger partial charge is 0.325 e. The summed E-state index contributed by atoms with van der Waals surface area (Å²) in [4.78, 5) is 13.3. The van der Waals surface area contributed by atoms with Gasteiger partial charge in [0.2, 0.25) is 0 Å². The van der Waals surface area contributed by atoms with Gasteiger partial charge < -0.3 is 10.2 Å². The summed E-state index contributed by atoms with van der Waals surface area (Å²) in [5.41, 5.74) is 1.63. The number of hydrogen-bond donors (Lipinski definition) is 2. The van der Waals surface area contributed by atoms with Crippen LogP contribution in [0.25, 0.3) is 0 Å². The van der Waals surface area contributed by atoms with E-state index >= 15 is 0 Å². The molecule has 0 bridgehead atoms. The Bertz CT molecular complexity index is 877. The van der Waals surface area contributed by atoms with Crippen molar-refractivity contribution >= 4 is 44.6 Å². The Kier molecular flexibility index (Phi) is 5.99. The second-order valence-electron chi connectivity index (χ2n) is 6.28. The van der Waals surface area contributed by atoms with Gasteiger partial charge in [-0.2, -0.15) is 4.31 Å². The van der Waals surface area contributed by atoms with E-state index < -0.39 is 10.0 Å². The molecule has 6 nitrogen and oxygen atoms in total. The van der Waals surface area contributed by atoms with Crippen molar-refractivity contribution < 1.29 is 18.1 Å². The number of anilines is 1. The number of sulfonamides is 1. The molecule has 0 saturated carbocycles. The summed E-state index contributed by atoms with van der Waals surface area (Å²) in [5.74, 6) is -0.102. The number of quaternary nitrogens is 1. The lowest BCUT2D eigenvalue weighted by Crippen LogP contribution is -3.15. The van der Waals surface area contributed by atoms with Gasteiger partial charge >= 0.3 is 0 Å². The highest BCUT2D eigenvalue weighted by molar-refractivity contribution is 7.91. The van der Waals surface area contributed by atoms with E-state index in [1.807, 2.05) is 19.1 Å². The Morgan fingerprint density at radius 2 is 2.04 bits per heavy atom. The van der Waals surface area contributed by atoms with Crippen molar-refractivity contribution in [2.75, 3.05) is 38.0 Å². The molecule has 1 fully saturated rings. The molecule has 2 heterocycles. The molecule has 1 aromatic carbocycles. The number of hydrogen-bond acceptors (Lipinski definition) is 4. The maximum absolute atomic E-state index is 12.5. The lowest BCUT2D eigenvalue weighted by Gasteiger charge is -2.30. The molecule has 9 heteroatoms. The summed E-state index contributed by atoms with van der Waals surface area (Å²) < 4.78 is 26.9. The highest BCUT2D eigenvalue weighted by Gasteiger charge is 2.31. The fourth-order valence-corrected chi connectivity index (χ4v) is 5.63. The molecular formula is C17H21ClN3O3S2+. The van der Waals surface area contributed by atoms with Gasteiger partial charge in [0, 0.05) is 10.7 Å². The summed E-state index contributed by atoms with van der Waals surface area (Å²) in [7, 11) is -3.40. The lowest BCUT2D eigenvalue weighted by atomic mass is 10.2. The number of halogens is 1. The molecule has 0 radical (unpaired) electrons. The summed E-state index contributed by atoms with van der Waals surface area (Å²) in [6, 6.07) is 8.77. The van der Waals surface area contributed by atoms with Gasteiger partial charge in [0.05, 0.1) is 26.2 Å². The molecule has 1 aliphatic heterocycles. The Hall–Kier alpha value is -1.45. The third-order valence-corrected chi connectivity index (χ3v) is 8.06. The molecule has 1 saturated heterocycles. The van der Waals surface area contributed by atoms with Crippen LogP contribution in [0.3, 0.4) is 0 Å². The van der Waals surface area contributed by atoms with Crippen molar-refractivity contribution in [3.8, 4) is 0 Å².